The maximum atomic E-state index is 14.2. The van der Waals surface area contributed by atoms with Gasteiger partial charge in [0.1, 0.15) is 11.6 Å². The number of aromatic nitrogens is 3. The number of halogens is 1. The first-order valence-corrected chi connectivity index (χ1v) is 9.62. The largest absolute Gasteiger partial charge is 0.368 e. The Morgan fingerprint density at radius 2 is 2.00 bits per heavy atom. The van der Waals surface area contributed by atoms with Gasteiger partial charge in [-0.05, 0) is 49.2 Å². The molecule has 7 heteroatoms. The van der Waals surface area contributed by atoms with E-state index in [1.54, 1.807) is 12.3 Å². The molecule has 148 valence electrons. The molecule has 0 bridgehead atoms. The Bertz CT molecular complexity index is 1020. The molecule has 0 unspecified atom stereocenters. The fourth-order valence-electron chi connectivity index (χ4n) is 3.68. The number of amides is 1. The zero-order valence-electron chi connectivity index (χ0n) is 16.2. The standard InChI is InChI=1S/C22H22FN5O/c1-15(29)26-17-6-2-5-16(13-17)19-8-9-20(28-27-19)25-14-22(10-4-11-22)21-18(23)7-3-12-24-21/h2-3,5-9,12-13H,4,10-11,14H2,1H3,(H,25,28)(H,26,29). The van der Waals surface area contributed by atoms with E-state index in [1.165, 1.54) is 13.0 Å². The lowest BCUT2D eigenvalue weighted by atomic mass is 9.66. The van der Waals surface area contributed by atoms with E-state index in [0.717, 1.165) is 24.8 Å². The van der Waals surface area contributed by atoms with E-state index in [2.05, 4.69) is 25.8 Å². The van der Waals surface area contributed by atoms with E-state index < -0.39 is 0 Å². The number of rotatable bonds is 6. The fourth-order valence-corrected chi connectivity index (χ4v) is 3.68. The van der Waals surface area contributed by atoms with Crippen LogP contribution in [0, 0.1) is 5.82 Å². The van der Waals surface area contributed by atoms with Gasteiger partial charge in [0.2, 0.25) is 5.91 Å². The average molecular weight is 391 g/mol. The van der Waals surface area contributed by atoms with E-state index in [4.69, 9.17) is 0 Å². The third-order valence-electron chi connectivity index (χ3n) is 5.32. The van der Waals surface area contributed by atoms with Crippen molar-refractivity contribution in [2.75, 3.05) is 17.2 Å². The summed E-state index contributed by atoms with van der Waals surface area (Å²) in [6.45, 7) is 2.03. The number of carbonyl (C=O) groups excluding carboxylic acids is 1. The van der Waals surface area contributed by atoms with Crippen LogP contribution in [0.15, 0.2) is 54.7 Å². The molecule has 1 aromatic carbocycles. The van der Waals surface area contributed by atoms with Crippen LogP contribution in [0.5, 0.6) is 0 Å². The van der Waals surface area contributed by atoms with Gasteiger partial charge in [0, 0.05) is 36.3 Å². The highest BCUT2D eigenvalue weighted by Gasteiger charge is 2.41. The predicted molar refractivity (Wildman–Crippen MR) is 110 cm³/mol. The monoisotopic (exact) mass is 391 g/mol. The summed E-state index contributed by atoms with van der Waals surface area (Å²) in [6, 6.07) is 14.3. The zero-order valence-corrected chi connectivity index (χ0v) is 16.2. The predicted octanol–water partition coefficient (Wildman–Crippen LogP) is 4.17. The third-order valence-corrected chi connectivity index (χ3v) is 5.32. The minimum absolute atomic E-state index is 0.123. The summed E-state index contributed by atoms with van der Waals surface area (Å²) in [5.41, 5.74) is 2.51. The van der Waals surface area contributed by atoms with Crippen LogP contribution in [0.2, 0.25) is 0 Å². The molecule has 0 atom stereocenters. The van der Waals surface area contributed by atoms with Crippen molar-refractivity contribution in [1.29, 1.82) is 0 Å². The smallest absolute Gasteiger partial charge is 0.221 e. The second kappa shape index (κ2) is 7.95. The summed E-state index contributed by atoms with van der Waals surface area (Å²) >= 11 is 0. The molecular weight excluding hydrogens is 369 g/mol. The van der Waals surface area contributed by atoms with Crippen molar-refractivity contribution in [3.63, 3.8) is 0 Å². The van der Waals surface area contributed by atoms with Gasteiger partial charge in [-0.1, -0.05) is 18.6 Å². The van der Waals surface area contributed by atoms with Gasteiger partial charge in [0.05, 0.1) is 11.4 Å². The third kappa shape index (κ3) is 4.08. The highest BCUT2D eigenvalue weighted by molar-refractivity contribution is 5.89. The number of nitrogens with one attached hydrogen (secondary N) is 2. The molecule has 2 heterocycles. The van der Waals surface area contributed by atoms with Crippen molar-refractivity contribution in [2.24, 2.45) is 0 Å². The summed E-state index contributed by atoms with van der Waals surface area (Å²) < 4.78 is 14.2. The van der Waals surface area contributed by atoms with Crippen LogP contribution in [-0.4, -0.2) is 27.6 Å². The van der Waals surface area contributed by atoms with E-state index in [-0.39, 0.29) is 17.1 Å². The summed E-state index contributed by atoms with van der Waals surface area (Å²) in [5, 5.41) is 14.6. The maximum Gasteiger partial charge on any atom is 0.221 e. The molecule has 0 saturated heterocycles. The molecule has 0 spiro atoms. The van der Waals surface area contributed by atoms with Crippen LogP contribution in [0.1, 0.15) is 31.9 Å². The SMILES string of the molecule is CC(=O)Nc1cccc(-c2ccc(NCC3(c4ncccc4F)CCC3)nn2)c1. The van der Waals surface area contributed by atoms with Crippen LogP contribution < -0.4 is 10.6 Å². The van der Waals surface area contributed by atoms with Crippen LogP contribution in [0.3, 0.4) is 0 Å². The Labute approximate surface area is 168 Å². The Morgan fingerprint density at radius 3 is 2.66 bits per heavy atom. The van der Waals surface area contributed by atoms with E-state index in [0.29, 0.717) is 29.4 Å². The molecule has 2 aromatic heterocycles. The summed E-state index contributed by atoms with van der Waals surface area (Å²) in [7, 11) is 0. The lowest BCUT2D eigenvalue weighted by Gasteiger charge is -2.41. The topological polar surface area (TPSA) is 79.8 Å². The van der Waals surface area contributed by atoms with E-state index in [9.17, 15) is 9.18 Å². The van der Waals surface area contributed by atoms with Crippen molar-refractivity contribution < 1.29 is 9.18 Å². The van der Waals surface area contributed by atoms with Gasteiger partial charge in [-0.25, -0.2) is 4.39 Å². The lowest BCUT2D eigenvalue weighted by molar-refractivity contribution is -0.114. The number of hydrogen-bond donors (Lipinski definition) is 2. The lowest BCUT2D eigenvalue weighted by Crippen LogP contribution is -2.42. The first-order valence-electron chi connectivity index (χ1n) is 9.62. The van der Waals surface area contributed by atoms with Crippen molar-refractivity contribution >= 4 is 17.4 Å². The molecule has 3 aromatic rings. The number of nitrogens with zero attached hydrogens (tertiary/aromatic N) is 3. The maximum absolute atomic E-state index is 14.2. The first-order chi connectivity index (χ1) is 14.1. The highest BCUT2D eigenvalue weighted by atomic mass is 19.1. The van der Waals surface area contributed by atoms with Gasteiger partial charge in [-0.15, -0.1) is 10.2 Å². The normalized spacial score (nSPS) is 14.7. The van der Waals surface area contributed by atoms with Crippen molar-refractivity contribution in [3.05, 3.63) is 66.2 Å². The molecule has 1 aliphatic rings. The molecule has 1 amide bonds. The second-order valence-corrected chi connectivity index (χ2v) is 7.39. The number of benzene rings is 1. The van der Waals surface area contributed by atoms with Crippen molar-refractivity contribution in [1.82, 2.24) is 15.2 Å². The highest BCUT2D eigenvalue weighted by Crippen LogP contribution is 2.43. The minimum atomic E-state index is -0.293. The first kappa shape index (κ1) is 19.0. The second-order valence-electron chi connectivity index (χ2n) is 7.39. The zero-order chi connectivity index (χ0) is 20.3. The molecule has 0 radical (unpaired) electrons. The Balaban J connectivity index is 1.46. The number of carbonyl (C=O) groups is 1. The molecule has 1 saturated carbocycles. The molecule has 2 N–H and O–H groups in total. The number of hydrogen-bond acceptors (Lipinski definition) is 5. The van der Waals surface area contributed by atoms with Gasteiger partial charge >= 0.3 is 0 Å². The Morgan fingerprint density at radius 1 is 1.14 bits per heavy atom. The average Bonchev–Trinajstić information content (AvgIpc) is 2.68. The molecular formula is C22H22FN5O. The number of anilines is 2. The van der Waals surface area contributed by atoms with Gasteiger partial charge in [-0.3, -0.25) is 9.78 Å². The van der Waals surface area contributed by atoms with Crippen molar-refractivity contribution in [3.8, 4) is 11.3 Å². The van der Waals surface area contributed by atoms with Gasteiger partial charge < -0.3 is 10.6 Å². The molecule has 6 nitrogen and oxygen atoms in total. The Kier molecular flexibility index (Phi) is 5.20. The molecule has 0 aliphatic heterocycles. The van der Waals surface area contributed by atoms with Crippen LogP contribution in [-0.2, 0) is 10.2 Å². The quantitative estimate of drug-likeness (QED) is 0.659. The number of pyridine rings is 1. The van der Waals surface area contributed by atoms with Crippen LogP contribution in [0.25, 0.3) is 11.3 Å². The van der Waals surface area contributed by atoms with Crippen LogP contribution in [0.4, 0.5) is 15.9 Å². The molecule has 4 rings (SSSR count). The minimum Gasteiger partial charge on any atom is -0.368 e. The van der Waals surface area contributed by atoms with E-state index >= 15 is 0 Å². The van der Waals surface area contributed by atoms with Gasteiger partial charge in [0.15, 0.2) is 0 Å². The molecule has 29 heavy (non-hydrogen) atoms. The van der Waals surface area contributed by atoms with Crippen LogP contribution >= 0.6 is 0 Å². The molecule has 1 fully saturated rings. The summed E-state index contributed by atoms with van der Waals surface area (Å²) in [5.74, 6) is 0.255. The molecule has 1 aliphatic carbocycles. The Hall–Kier alpha value is -3.35. The summed E-state index contributed by atoms with van der Waals surface area (Å²) in [4.78, 5) is 15.5. The fraction of sp³-hybridized carbons (Fsp3) is 0.273. The van der Waals surface area contributed by atoms with E-state index in [1.807, 2.05) is 36.4 Å². The summed E-state index contributed by atoms with van der Waals surface area (Å²) in [6.07, 6.45) is 4.50. The van der Waals surface area contributed by atoms with Gasteiger partial charge in [0.25, 0.3) is 0 Å². The van der Waals surface area contributed by atoms with Crippen molar-refractivity contribution in [2.45, 2.75) is 31.6 Å². The van der Waals surface area contributed by atoms with Gasteiger partial charge in [-0.2, -0.15) is 0 Å².